The Labute approximate surface area is 106 Å². The Bertz CT molecular complexity index is 103. The first kappa shape index (κ1) is 17.5. The van der Waals surface area contributed by atoms with Crippen molar-refractivity contribution < 1.29 is 18.9 Å². The zero-order valence-corrected chi connectivity index (χ0v) is 12.4. The molecule has 14 heavy (non-hydrogen) atoms. The van der Waals surface area contributed by atoms with E-state index in [9.17, 15) is 0 Å². The Morgan fingerprint density at radius 3 is 1.57 bits per heavy atom. The van der Waals surface area contributed by atoms with Crippen LogP contribution in [-0.4, -0.2) is 13.1 Å². The zero-order valence-electron chi connectivity index (χ0n) is 11.2. The minimum atomic E-state index is -1.06. The molecule has 0 radical (unpaired) electrons. The number of rotatable bonds is 8. The maximum Gasteiger partial charge on any atom is 1.00 e. The molecule has 0 bridgehead atoms. The fourth-order valence-corrected chi connectivity index (χ4v) is 6.59. The smallest absolute Gasteiger partial charge is 0.194 e. The van der Waals surface area contributed by atoms with E-state index in [1.807, 2.05) is 0 Å². The SMILES string of the molecule is CCCCC[CH2][Al-]([CH2]C)([CH2]C)[CH2]C.[Li+]. The van der Waals surface area contributed by atoms with Crippen LogP contribution in [0, 0.1) is 0 Å². The van der Waals surface area contributed by atoms with Crippen LogP contribution in [0.1, 0.15) is 53.4 Å². The van der Waals surface area contributed by atoms with Crippen LogP contribution in [0.25, 0.3) is 0 Å². The third-order valence-electron chi connectivity index (χ3n) is 4.27. The minimum absolute atomic E-state index is 0. The van der Waals surface area contributed by atoms with Crippen molar-refractivity contribution in [1.82, 2.24) is 0 Å². The second kappa shape index (κ2) is 10.6. The molecule has 80 valence electrons. The normalized spacial score (nSPS) is 11.1. The summed E-state index contributed by atoms with van der Waals surface area (Å²) < 4.78 is 0. The number of hydrogen-bond donors (Lipinski definition) is 0. The van der Waals surface area contributed by atoms with Gasteiger partial charge in [0.05, 0.1) is 0 Å². The van der Waals surface area contributed by atoms with Crippen molar-refractivity contribution in [3.05, 3.63) is 0 Å². The van der Waals surface area contributed by atoms with Gasteiger partial charge in [0.15, 0.2) is 0 Å². The Hall–Kier alpha value is 1.13. The van der Waals surface area contributed by atoms with Gasteiger partial charge in [-0.3, -0.25) is 0 Å². The molecular weight excluding hydrogens is 178 g/mol. The van der Waals surface area contributed by atoms with Crippen LogP contribution < -0.4 is 18.9 Å². The van der Waals surface area contributed by atoms with Gasteiger partial charge in [-0.25, -0.2) is 0 Å². The van der Waals surface area contributed by atoms with Gasteiger partial charge < -0.3 is 0 Å². The molecule has 0 rings (SSSR count). The fraction of sp³-hybridized carbons (Fsp3) is 1.00. The molecule has 0 unspecified atom stereocenters. The largest absolute Gasteiger partial charge is 1.00 e. The molecule has 0 heterocycles. The van der Waals surface area contributed by atoms with Gasteiger partial charge in [-0.1, -0.05) is 32.6 Å². The summed E-state index contributed by atoms with van der Waals surface area (Å²) in [4.78, 5) is 0. The Morgan fingerprint density at radius 2 is 1.21 bits per heavy atom. The maximum absolute atomic E-state index is 2.43. The van der Waals surface area contributed by atoms with Crippen LogP contribution in [0.3, 0.4) is 0 Å². The molecule has 0 fully saturated rings. The van der Waals surface area contributed by atoms with Crippen LogP contribution in [0.5, 0.6) is 0 Å². The molecule has 0 aliphatic heterocycles. The van der Waals surface area contributed by atoms with Crippen molar-refractivity contribution >= 4 is 13.1 Å². The summed E-state index contributed by atoms with van der Waals surface area (Å²) in [6.07, 6.45) is 5.83. The molecule has 0 aromatic rings. The summed E-state index contributed by atoms with van der Waals surface area (Å²) in [6, 6.07) is 0. The Balaban J connectivity index is 0. The van der Waals surface area contributed by atoms with Crippen molar-refractivity contribution in [2.24, 2.45) is 0 Å². The topological polar surface area (TPSA) is 0 Å². The molecular formula is C12H28AlLi. The molecule has 2 heteroatoms. The van der Waals surface area contributed by atoms with Gasteiger partial charge in [0, 0.05) is 0 Å². The van der Waals surface area contributed by atoms with E-state index >= 15 is 0 Å². The summed E-state index contributed by atoms with van der Waals surface area (Å²) >= 11 is -1.06. The number of unbranched alkanes of at least 4 members (excludes halogenated alkanes) is 3. The third kappa shape index (κ3) is 6.58. The van der Waals surface area contributed by atoms with Crippen molar-refractivity contribution in [2.75, 3.05) is 0 Å². The Kier molecular flexibility index (Phi) is 13.3. The molecule has 0 saturated carbocycles. The predicted octanol–water partition coefficient (Wildman–Crippen LogP) is 2.08. The van der Waals surface area contributed by atoms with Gasteiger partial charge in [-0.2, -0.15) is 21.1 Å². The number of hydrogen-bond acceptors (Lipinski definition) is 0. The van der Waals surface area contributed by atoms with Gasteiger partial charge in [0.2, 0.25) is 0 Å². The van der Waals surface area contributed by atoms with Gasteiger partial charge in [-0.05, 0) is 0 Å². The molecule has 0 spiro atoms. The van der Waals surface area contributed by atoms with Gasteiger partial charge in [0.1, 0.15) is 13.1 Å². The first-order valence-corrected chi connectivity index (χ1v) is 9.73. The quantitative estimate of drug-likeness (QED) is 0.421. The van der Waals surface area contributed by atoms with Gasteiger partial charge in [-0.15, -0.1) is 20.8 Å². The van der Waals surface area contributed by atoms with Crippen molar-refractivity contribution in [1.29, 1.82) is 0 Å². The van der Waals surface area contributed by atoms with Gasteiger partial charge in [0.25, 0.3) is 0 Å². The molecule has 0 saturated heterocycles. The molecule has 0 aromatic carbocycles. The van der Waals surface area contributed by atoms with Crippen LogP contribution in [0.15, 0.2) is 0 Å². The standard InChI is InChI=1S/C6H13.3C2H5.Al.Li/c1-3-5-6-4-2;3*1-2;;/h1,3-6H2,2H3;3*1H2,2H3;;/q;;;;-1;+1. The first-order chi connectivity index (χ1) is 6.24. The molecule has 0 nitrogen and oxygen atoms in total. The van der Waals surface area contributed by atoms with E-state index in [2.05, 4.69) is 27.7 Å². The van der Waals surface area contributed by atoms with Crippen LogP contribution in [-0.2, 0) is 0 Å². The second-order valence-electron chi connectivity index (χ2n) is 4.81. The summed E-state index contributed by atoms with van der Waals surface area (Å²) in [5.41, 5.74) is 0. The summed E-state index contributed by atoms with van der Waals surface area (Å²) in [5, 5.41) is 6.22. The van der Waals surface area contributed by atoms with Crippen LogP contribution in [0.4, 0.5) is 0 Å². The summed E-state index contributed by atoms with van der Waals surface area (Å²) in [5.74, 6) is 0. The molecule has 0 aliphatic rings. The average Bonchev–Trinajstić information content (AvgIpc) is 2.20. The van der Waals surface area contributed by atoms with E-state index in [-0.39, 0.29) is 18.9 Å². The van der Waals surface area contributed by atoms with E-state index in [0.29, 0.717) is 0 Å². The molecule has 0 N–H and O–H groups in total. The maximum atomic E-state index is 2.43. The van der Waals surface area contributed by atoms with Crippen molar-refractivity contribution in [2.45, 2.75) is 74.5 Å². The van der Waals surface area contributed by atoms with Crippen LogP contribution >= 0.6 is 0 Å². The van der Waals surface area contributed by atoms with Crippen molar-refractivity contribution in [3.63, 3.8) is 0 Å². The van der Waals surface area contributed by atoms with Crippen molar-refractivity contribution in [3.8, 4) is 0 Å². The monoisotopic (exact) mass is 206 g/mol. The molecule has 0 aliphatic carbocycles. The Morgan fingerprint density at radius 1 is 0.714 bits per heavy atom. The van der Waals surface area contributed by atoms with E-state index < -0.39 is 13.1 Å². The van der Waals surface area contributed by atoms with E-state index in [4.69, 9.17) is 0 Å². The third-order valence-corrected chi connectivity index (χ3v) is 11.1. The van der Waals surface area contributed by atoms with E-state index in [1.54, 1.807) is 5.28 Å². The van der Waals surface area contributed by atoms with E-state index in [1.165, 1.54) is 41.5 Å². The fourth-order valence-electron chi connectivity index (χ4n) is 2.48. The minimum Gasteiger partial charge on any atom is -0.194 e. The van der Waals surface area contributed by atoms with E-state index in [0.717, 1.165) is 0 Å². The van der Waals surface area contributed by atoms with Gasteiger partial charge >= 0.3 is 18.9 Å². The summed E-state index contributed by atoms with van der Waals surface area (Å²) in [6.45, 7) is 9.58. The zero-order chi connectivity index (χ0) is 10.2. The predicted molar refractivity (Wildman–Crippen MR) is 66.1 cm³/mol. The molecule has 0 amide bonds. The molecule has 0 atom stereocenters. The van der Waals surface area contributed by atoms with Crippen LogP contribution in [0.2, 0.25) is 21.1 Å². The second-order valence-corrected chi connectivity index (χ2v) is 11.3. The first-order valence-electron chi connectivity index (χ1n) is 6.46. The summed E-state index contributed by atoms with van der Waals surface area (Å²) in [7, 11) is 0. The average molecular weight is 206 g/mol. The molecule has 0 aromatic heterocycles.